The molecule has 28 heavy (non-hydrogen) atoms. The molecule has 2 aromatic rings. The number of rotatable bonds is 7. The number of hydrogen-bond donors (Lipinski definition) is 3. The highest BCUT2D eigenvalue weighted by molar-refractivity contribution is 7.80. The zero-order chi connectivity index (χ0) is 20.1. The molecule has 7 nitrogen and oxygen atoms in total. The summed E-state index contributed by atoms with van der Waals surface area (Å²) in [5, 5.41) is 5.35. The number of benzene rings is 2. The minimum absolute atomic E-state index is 0.00110. The van der Waals surface area contributed by atoms with Gasteiger partial charge < -0.3 is 10.6 Å². The van der Waals surface area contributed by atoms with Gasteiger partial charge in [-0.3, -0.25) is 24.1 Å². The molecular formula is C20H19N3O4S. The van der Waals surface area contributed by atoms with E-state index in [9.17, 15) is 19.2 Å². The van der Waals surface area contributed by atoms with E-state index in [4.69, 9.17) is 0 Å². The van der Waals surface area contributed by atoms with Gasteiger partial charge in [0.1, 0.15) is 0 Å². The highest BCUT2D eigenvalue weighted by Gasteiger charge is 2.34. The minimum atomic E-state index is -0.383. The lowest BCUT2D eigenvalue weighted by atomic mass is 10.1. The number of thiol groups is 1. The SMILES string of the molecule is O=C(CCN1C(=O)c2ccccc2C1=O)NCCNC(=O)c1ccccc1S. The molecule has 144 valence electrons. The first kappa shape index (κ1) is 19.6. The van der Waals surface area contributed by atoms with E-state index in [0.717, 1.165) is 4.90 Å². The van der Waals surface area contributed by atoms with Gasteiger partial charge in [0.05, 0.1) is 16.7 Å². The summed E-state index contributed by atoms with van der Waals surface area (Å²) in [5.41, 5.74) is 1.18. The number of nitrogens with one attached hydrogen (secondary N) is 2. The maximum Gasteiger partial charge on any atom is 0.261 e. The quantitative estimate of drug-likeness (QED) is 0.375. The second-order valence-corrected chi connectivity index (χ2v) is 6.66. The van der Waals surface area contributed by atoms with Gasteiger partial charge in [0, 0.05) is 31.0 Å². The summed E-state index contributed by atoms with van der Waals surface area (Å²) in [6.07, 6.45) is -0.00110. The summed E-state index contributed by atoms with van der Waals surface area (Å²) in [5.74, 6) is -1.34. The van der Waals surface area contributed by atoms with Crippen molar-refractivity contribution in [1.29, 1.82) is 0 Å². The zero-order valence-electron chi connectivity index (χ0n) is 15.0. The Hall–Kier alpha value is -3.13. The van der Waals surface area contributed by atoms with Crippen molar-refractivity contribution in [3.05, 3.63) is 65.2 Å². The molecule has 3 rings (SSSR count). The highest BCUT2D eigenvalue weighted by atomic mass is 32.1. The molecule has 0 fully saturated rings. The molecule has 0 unspecified atom stereocenters. The molecule has 0 radical (unpaired) electrons. The Morgan fingerprint density at radius 2 is 1.43 bits per heavy atom. The molecule has 0 spiro atoms. The summed E-state index contributed by atoms with van der Waals surface area (Å²) in [6.45, 7) is 0.499. The van der Waals surface area contributed by atoms with Crippen LogP contribution in [0.2, 0.25) is 0 Å². The van der Waals surface area contributed by atoms with Crippen LogP contribution < -0.4 is 10.6 Å². The van der Waals surface area contributed by atoms with Gasteiger partial charge in [0.25, 0.3) is 17.7 Å². The number of carbonyl (C=O) groups excluding carboxylic acids is 4. The Labute approximate surface area is 167 Å². The highest BCUT2D eigenvalue weighted by Crippen LogP contribution is 2.22. The van der Waals surface area contributed by atoms with E-state index in [0.29, 0.717) is 21.6 Å². The first-order valence-electron chi connectivity index (χ1n) is 8.77. The Balaban J connectivity index is 1.40. The van der Waals surface area contributed by atoms with Gasteiger partial charge in [-0.2, -0.15) is 0 Å². The van der Waals surface area contributed by atoms with Crippen LogP contribution in [0.4, 0.5) is 0 Å². The molecule has 8 heteroatoms. The normalized spacial score (nSPS) is 12.7. The van der Waals surface area contributed by atoms with Gasteiger partial charge in [-0.25, -0.2) is 0 Å². The van der Waals surface area contributed by atoms with E-state index in [-0.39, 0.29) is 49.7 Å². The molecule has 0 saturated heterocycles. The maximum atomic E-state index is 12.2. The Bertz CT molecular complexity index is 910. The molecule has 0 aromatic heterocycles. The summed E-state index contributed by atoms with van der Waals surface area (Å²) in [7, 11) is 0. The zero-order valence-corrected chi connectivity index (χ0v) is 15.9. The third kappa shape index (κ3) is 4.23. The van der Waals surface area contributed by atoms with Crippen molar-refractivity contribution >= 4 is 36.3 Å². The molecule has 2 N–H and O–H groups in total. The Kier molecular flexibility index (Phi) is 6.10. The monoisotopic (exact) mass is 397 g/mol. The lowest BCUT2D eigenvalue weighted by molar-refractivity contribution is -0.121. The predicted octanol–water partition coefficient (Wildman–Crippen LogP) is 1.51. The fourth-order valence-corrected chi connectivity index (χ4v) is 3.14. The van der Waals surface area contributed by atoms with E-state index < -0.39 is 0 Å². The molecule has 0 aliphatic carbocycles. The fourth-order valence-electron chi connectivity index (χ4n) is 2.88. The van der Waals surface area contributed by atoms with Gasteiger partial charge in [0.15, 0.2) is 0 Å². The van der Waals surface area contributed by atoms with Crippen LogP contribution in [0, 0.1) is 0 Å². The summed E-state index contributed by atoms with van der Waals surface area (Å²) >= 11 is 4.23. The van der Waals surface area contributed by atoms with Crippen molar-refractivity contribution in [1.82, 2.24) is 15.5 Å². The largest absolute Gasteiger partial charge is 0.354 e. The van der Waals surface area contributed by atoms with Crippen LogP contribution >= 0.6 is 12.6 Å². The third-order valence-corrected chi connectivity index (χ3v) is 4.71. The lowest BCUT2D eigenvalue weighted by Gasteiger charge is -2.13. The number of fused-ring (bicyclic) bond motifs is 1. The van der Waals surface area contributed by atoms with Gasteiger partial charge in [-0.1, -0.05) is 24.3 Å². The number of amides is 4. The number of imide groups is 1. The average Bonchev–Trinajstić information content (AvgIpc) is 2.94. The third-order valence-electron chi connectivity index (χ3n) is 4.32. The van der Waals surface area contributed by atoms with E-state index in [1.54, 1.807) is 48.5 Å². The van der Waals surface area contributed by atoms with E-state index in [1.807, 2.05) is 0 Å². The van der Waals surface area contributed by atoms with Crippen LogP contribution in [0.3, 0.4) is 0 Å². The van der Waals surface area contributed by atoms with Crippen molar-refractivity contribution < 1.29 is 19.2 Å². The molecule has 0 saturated carbocycles. The standard InChI is InChI=1S/C20H19N3O4S/c24-17(21-10-11-22-18(25)15-7-3-4-8-16(15)28)9-12-23-19(26)13-5-1-2-6-14(13)20(23)27/h1-8,28H,9-12H2,(H,21,24)(H,22,25). The molecule has 4 amide bonds. The van der Waals surface area contributed by atoms with Crippen molar-refractivity contribution in [2.45, 2.75) is 11.3 Å². The minimum Gasteiger partial charge on any atom is -0.354 e. The van der Waals surface area contributed by atoms with Crippen LogP contribution in [0.5, 0.6) is 0 Å². The first-order valence-corrected chi connectivity index (χ1v) is 9.22. The van der Waals surface area contributed by atoms with Crippen LogP contribution in [0.15, 0.2) is 53.4 Å². The molecule has 0 bridgehead atoms. The van der Waals surface area contributed by atoms with Crippen molar-refractivity contribution in [2.24, 2.45) is 0 Å². The fraction of sp³-hybridized carbons (Fsp3) is 0.200. The van der Waals surface area contributed by atoms with Gasteiger partial charge in [0.2, 0.25) is 5.91 Å². The van der Waals surface area contributed by atoms with Crippen LogP contribution in [-0.2, 0) is 4.79 Å². The van der Waals surface area contributed by atoms with Crippen LogP contribution in [0.1, 0.15) is 37.5 Å². The Morgan fingerprint density at radius 3 is 2.07 bits per heavy atom. The van der Waals surface area contributed by atoms with Crippen molar-refractivity contribution in [2.75, 3.05) is 19.6 Å². The molecule has 0 atom stereocenters. The Morgan fingerprint density at radius 1 is 0.857 bits per heavy atom. The van der Waals surface area contributed by atoms with Crippen LogP contribution in [0.25, 0.3) is 0 Å². The number of nitrogens with zero attached hydrogens (tertiary/aromatic N) is 1. The molecule has 2 aromatic carbocycles. The average molecular weight is 397 g/mol. The molecule has 1 aliphatic rings. The summed E-state index contributed by atoms with van der Waals surface area (Å²) < 4.78 is 0. The predicted molar refractivity (Wildman–Crippen MR) is 105 cm³/mol. The van der Waals surface area contributed by atoms with Crippen LogP contribution in [-0.4, -0.2) is 48.2 Å². The maximum absolute atomic E-state index is 12.2. The summed E-state index contributed by atoms with van der Waals surface area (Å²) in [4.78, 5) is 50.1. The summed E-state index contributed by atoms with van der Waals surface area (Å²) in [6, 6.07) is 13.5. The first-order chi connectivity index (χ1) is 13.5. The molecule has 1 aliphatic heterocycles. The van der Waals surface area contributed by atoms with Gasteiger partial charge in [-0.15, -0.1) is 12.6 Å². The van der Waals surface area contributed by atoms with E-state index in [2.05, 4.69) is 23.3 Å². The van der Waals surface area contributed by atoms with E-state index >= 15 is 0 Å². The van der Waals surface area contributed by atoms with Crippen molar-refractivity contribution in [3.8, 4) is 0 Å². The lowest BCUT2D eigenvalue weighted by Crippen LogP contribution is -2.37. The second kappa shape index (κ2) is 8.71. The molecular weight excluding hydrogens is 378 g/mol. The van der Waals surface area contributed by atoms with E-state index in [1.165, 1.54) is 0 Å². The van der Waals surface area contributed by atoms with Gasteiger partial charge in [-0.05, 0) is 24.3 Å². The van der Waals surface area contributed by atoms with Crippen molar-refractivity contribution in [3.63, 3.8) is 0 Å². The number of carbonyl (C=O) groups is 4. The topological polar surface area (TPSA) is 95.6 Å². The smallest absolute Gasteiger partial charge is 0.261 e. The van der Waals surface area contributed by atoms with Gasteiger partial charge >= 0.3 is 0 Å². The molecule has 1 heterocycles. The number of hydrogen-bond acceptors (Lipinski definition) is 5. The second-order valence-electron chi connectivity index (χ2n) is 6.18.